The average Bonchev–Trinajstić information content (AvgIpc) is 2.37. The number of hydrogen-bond donors (Lipinski definition) is 0. The van der Waals surface area contributed by atoms with E-state index in [0.29, 0.717) is 6.04 Å². The summed E-state index contributed by atoms with van der Waals surface area (Å²) >= 11 is 0. The second-order valence-electron chi connectivity index (χ2n) is 6.98. The number of unbranched alkanes of at least 4 members (excludes halogenated alkanes) is 4. The second kappa shape index (κ2) is 12.6. The third-order valence-electron chi connectivity index (χ3n) is 4.23. The third-order valence-corrected chi connectivity index (χ3v) is 4.23. The topological polar surface area (TPSA) is 6.48 Å². The number of hydrogen-bond acceptors (Lipinski definition) is 2. The van der Waals surface area contributed by atoms with Crippen LogP contribution in [0.3, 0.4) is 0 Å². The molecule has 0 amide bonds. The number of rotatable bonds is 13. The van der Waals surface area contributed by atoms with Gasteiger partial charge in [0.2, 0.25) is 0 Å². The highest BCUT2D eigenvalue weighted by Gasteiger charge is 2.07. The molecule has 2 heteroatoms. The van der Waals surface area contributed by atoms with Gasteiger partial charge in [0, 0.05) is 19.1 Å². The molecular formula is C18H40N2. The minimum Gasteiger partial charge on any atom is -0.305 e. The smallest absolute Gasteiger partial charge is 0.0112 e. The Balaban J connectivity index is 3.42. The van der Waals surface area contributed by atoms with Crippen LogP contribution in [0.25, 0.3) is 0 Å². The Kier molecular flexibility index (Phi) is 12.6. The molecule has 0 bridgehead atoms. The van der Waals surface area contributed by atoms with Crippen LogP contribution in [0.4, 0.5) is 0 Å². The van der Waals surface area contributed by atoms with E-state index in [1.54, 1.807) is 0 Å². The molecule has 0 unspecified atom stereocenters. The highest BCUT2D eigenvalue weighted by Crippen LogP contribution is 2.10. The van der Waals surface area contributed by atoms with Gasteiger partial charge in [-0.2, -0.15) is 0 Å². The summed E-state index contributed by atoms with van der Waals surface area (Å²) in [5.41, 5.74) is 0. The molecule has 0 N–H and O–H groups in total. The van der Waals surface area contributed by atoms with Crippen molar-refractivity contribution >= 4 is 0 Å². The van der Waals surface area contributed by atoms with Crippen LogP contribution in [0.15, 0.2) is 0 Å². The lowest BCUT2D eigenvalue weighted by atomic mass is 10.0. The Morgan fingerprint density at radius 2 is 1.35 bits per heavy atom. The van der Waals surface area contributed by atoms with E-state index in [9.17, 15) is 0 Å². The fourth-order valence-corrected chi connectivity index (χ4v) is 2.66. The van der Waals surface area contributed by atoms with Crippen molar-refractivity contribution in [2.45, 2.75) is 79.2 Å². The first-order chi connectivity index (χ1) is 9.47. The fraction of sp³-hybridized carbons (Fsp3) is 1.00. The Bertz CT molecular complexity index is 202. The fourth-order valence-electron chi connectivity index (χ4n) is 2.66. The van der Waals surface area contributed by atoms with Crippen molar-refractivity contribution in [3.63, 3.8) is 0 Å². The standard InChI is InChI=1S/C18H40N2/c1-7-20(18(4)5)16-15-19(6)14-12-10-8-9-11-13-17(2)3/h17-18H,7-16H2,1-6H3. The first-order valence-corrected chi connectivity index (χ1v) is 8.90. The largest absolute Gasteiger partial charge is 0.305 e. The van der Waals surface area contributed by atoms with Gasteiger partial charge in [-0.1, -0.05) is 52.9 Å². The van der Waals surface area contributed by atoms with E-state index < -0.39 is 0 Å². The molecule has 122 valence electrons. The predicted molar refractivity (Wildman–Crippen MR) is 92.4 cm³/mol. The normalized spacial score (nSPS) is 12.3. The van der Waals surface area contributed by atoms with E-state index in [0.717, 1.165) is 5.92 Å². The molecule has 0 aromatic rings. The summed E-state index contributed by atoms with van der Waals surface area (Å²) < 4.78 is 0. The number of nitrogens with zero attached hydrogens (tertiary/aromatic N) is 2. The van der Waals surface area contributed by atoms with Crippen LogP contribution < -0.4 is 0 Å². The minimum atomic E-state index is 0.675. The quantitative estimate of drug-likeness (QED) is 0.454. The van der Waals surface area contributed by atoms with Crippen molar-refractivity contribution < 1.29 is 0 Å². The Hall–Kier alpha value is -0.0800. The first-order valence-electron chi connectivity index (χ1n) is 8.90. The summed E-state index contributed by atoms with van der Waals surface area (Å²) in [5, 5.41) is 0. The van der Waals surface area contributed by atoms with Crippen molar-refractivity contribution in [3.05, 3.63) is 0 Å². The zero-order valence-electron chi connectivity index (χ0n) is 15.1. The molecule has 0 aromatic carbocycles. The highest BCUT2D eigenvalue weighted by molar-refractivity contribution is 4.63. The SMILES string of the molecule is CCN(CCN(C)CCCCCCCC(C)C)C(C)C. The third kappa shape index (κ3) is 11.7. The summed E-state index contributed by atoms with van der Waals surface area (Å²) in [7, 11) is 2.27. The van der Waals surface area contributed by atoms with Gasteiger partial charge in [-0.3, -0.25) is 4.90 Å². The van der Waals surface area contributed by atoms with Crippen molar-refractivity contribution in [1.29, 1.82) is 0 Å². The van der Waals surface area contributed by atoms with E-state index in [1.165, 1.54) is 64.7 Å². The maximum atomic E-state index is 2.54. The van der Waals surface area contributed by atoms with Gasteiger partial charge in [-0.05, 0) is 46.3 Å². The Labute approximate surface area is 128 Å². The molecule has 0 radical (unpaired) electrons. The number of likely N-dealkylation sites (N-methyl/N-ethyl adjacent to an activating group) is 2. The van der Waals surface area contributed by atoms with Crippen molar-refractivity contribution in [1.82, 2.24) is 9.80 Å². The van der Waals surface area contributed by atoms with Crippen LogP contribution in [-0.4, -0.2) is 49.1 Å². The van der Waals surface area contributed by atoms with Gasteiger partial charge in [-0.15, -0.1) is 0 Å². The summed E-state index contributed by atoms with van der Waals surface area (Å²) in [6.07, 6.45) is 8.46. The molecular weight excluding hydrogens is 244 g/mol. The van der Waals surface area contributed by atoms with Crippen LogP contribution in [0.1, 0.15) is 73.1 Å². The van der Waals surface area contributed by atoms with Crippen LogP contribution >= 0.6 is 0 Å². The van der Waals surface area contributed by atoms with Gasteiger partial charge in [-0.25, -0.2) is 0 Å². The van der Waals surface area contributed by atoms with Gasteiger partial charge in [0.15, 0.2) is 0 Å². The van der Waals surface area contributed by atoms with Gasteiger partial charge in [0.1, 0.15) is 0 Å². The maximum Gasteiger partial charge on any atom is 0.0112 e. The van der Waals surface area contributed by atoms with Gasteiger partial charge in [0.25, 0.3) is 0 Å². The average molecular weight is 285 g/mol. The van der Waals surface area contributed by atoms with Crippen LogP contribution in [0.5, 0.6) is 0 Å². The summed E-state index contributed by atoms with van der Waals surface area (Å²) in [5.74, 6) is 0.878. The molecule has 0 spiro atoms. The molecule has 0 fully saturated rings. The van der Waals surface area contributed by atoms with Gasteiger partial charge < -0.3 is 4.90 Å². The summed E-state index contributed by atoms with van der Waals surface area (Å²) in [6.45, 7) is 16.3. The molecule has 0 atom stereocenters. The zero-order valence-corrected chi connectivity index (χ0v) is 15.1. The van der Waals surface area contributed by atoms with Gasteiger partial charge in [0.05, 0.1) is 0 Å². The van der Waals surface area contributed by atoms with Crippen molar-refractivity contribution in [2.75, 3.05) is 33.2 Å². The Morgan fingerprint density at radius 3 is 1.90 bits per heavy atom. The molecule has 0 aliphatic heterocycles. The van der Waals surface area contributed by atoms with E-state index >= 15 is 0 Å². The molecule has 20 heavy (non-hydrogen) atoms. The molecule has 0 aromatic heterocycles. The van der Waals surface area contributed by atoms with E-state index in [1.807, 2.05) is 0 Å². The van der Waals surface area contributed by atoms with Crippen molar-refractivity contribution in [2.24, 2.45) is 5.92 Å². The van der Waals surface area contributed by atoms with E-state index in [2.05, 4.69) is 51.5 Å². The lowest BCUT2D eigenvalue weighted by Gasteiger charge is -2.27. The monoisotopic (exact) mass is 284 g/mol. The Morgan fingerprint density at radius 1 is 0.750 bits per heavy atom. The molecule has 0 heterocycles. The molecule has 0 aliphatic rings. The lowest BCUT2D eigenvalue weighted by Crippen LogP contribution is -2.37. The maximum absolute atomic E-state index is 2.54. The second-order valence-corrected chi connectivity index (χ2v) is 6.98. The van der Waals surface area contributed by atoms with Crippen LogP contribution in [-0.2, 0) is 0 Å². The zero-order chi connectivity index (χ0) is 15.4. The van der Waals surface area contributed by atoms with Crippen LogP contribution in [0.2, 0.25) is 0 Å². The van der Waals surface area contributed by atoms with E-state index in [-0.39, 0.29) is 0 Å². The summed E-state index contributed by atoms with van der Waals surface area (Å²) in [6, 6.07) is 0.675. The molecule has 0 saturated carbocycles. The minimum absolute atomic E-state index is 0.675. The highest BCUT2D eigenvalue weighted by atomic mass is 15.2. The predicted octanol–water partition coefficient (Wildman–Crippen LogP) is 4.65. The summed E-state index contributed by atoms with van der Waals surface area (Å²) in [4.78, 5) is 5.04. The lowest BCUT2D eigenvalue weighted by molar-refractivity contribution is 0.196. The molecule has 0 rings (SSSR count). The van der Waals surface area contributed by atoms with Crippen LogP contribution in [0, 0.1) is 5.92 Å². The molecule has 0 saturated heterocycles. The van der Waals surface area contributed by atoms with E-state index in [4.69, 9.17) is 0 Å². The molecule has 2 nitrogen and oxygen atoms in total. The van der Waals surface area contributed by atoms with Gasteiger partial charge >= 0.3 is 0 Å². The molecule has 0 aliphatic carbocycles. The first kappa shape index (κ1) is 19.9. The van der Waals surface area contributed by atoms with Crippen molar-refractivity contribution in [3.8, 4) is 0 Å².